The van der Waals surface area contributed by atoms with E-state index in [9.17, 15) is 34.5 Å². The first-order valence-electron chi connectivity index (χ1n) is 10.1. The number of hydrogen-bond acceptors (Lipinski definition) is 7. The van der Waals surface area contributed by atoms with Crippen molar-refractivity contribution in [3.8, 4) is 18.2 Å². The van der Waals surface area contributed by atoms with E-state index in [1.165, 1.54) is 20.8 Å². The number of aryl methyl sites for hydroxylation is 2. The third-order valence-electron chi connectivity index (χ3n) is 2.70. The largest absolute Gasteiger partial charge is 2.00 e. The van der Waals surface area contributed by atoms with Crippen LogP contribution >= 0.6 is 0 Å². The molecule has 0 radical (unpaired) electrons. The molecule has 0 saturated carbocycles. The number of rotatable bonds is 6. The van der Waals surface area contributed by atoms with E-state index in [2.05, 4.69) is 20.0 Å². The summed E-state index contributed by atoms with van der Waals surface area (Å²) in [6.07, 6.45) is 11.8. The average Bonchev–Trinajstić information content (AvgIpc) is 3.34. The number of hydrogen-bond donors (Lipinski definition) is 0. The molecule has 0 amide bonds. The predicted molar refractivity (Wildman–Crippen MR) is 130 cm³/mol. The standard InChI is InChI=1S/C13H18N6.3C2H3N.2BF4.Fe/c1-18-8-6-16-12(18)10-14-4-3-5-15-11-13-17-7-9-19(13)2;3*1-2-3;2*2-1(3,4)5;/h6-11H,3-5H2,1-2H3;3*1H3;;;/q;;;;2*-1;+2. The monoisotopic (exact) mass is 611 g/mol. The molecule has 39 heavy (non-hydrogen) atoms. The van der Waals surface area contributed by atoms with E-state index in [1.54, 1.807) is 43.0 Å². The Morgan fingerprint density at radius 2 is 0.949 bits per heavy atom. The van der Waals surface area contributed by atoms with Crippen LogP contribution in [-0.2, 0) is 31.2 Å². The molecule has 20 heteroatoms. The molecule has 0 atom stereocenters. The van der Waals surface area contributed by atoms with Gasteiger partial charge in [0.15, 0.2) is 0 Å². The molecule has 0 unspecified atom stereocenters. The summed E-state index contributed by atoms with van der Waals surface area (Å²) in [6, 6.07) is 5.25. The van der Waals surface area contributed by atoms with Crippen molar-refractivity contribution < 1.29 is 51.6 Å². The molecule has 0 aliphatic rings. The molecule has 9 nitrogen and oxygen atoms in total. The van der Waals surface area contributed by atoms with E-state index >= 15 is 0 Å². The van der Waals surface area contributed by atoms with Gasteiger partial charge in [0.05, 0.1) is 30.6 Å². The van der Waals surface area contributed by atoms with Crippen LogP contribution in [0.3, 0.4) is 0 Å². The maximum atomic E-state index is 9.75. The summed E-state index contributed by atoms with van der Waals surface area (Å²) < 4.78 is 81.9. The first-order chi connectivity index (χ1) is 17.5. The van der Waals surface area contributed by atoms with Gasteiger partial charge in [-0.05, 0) is 6.42 Å². The molecule has 2 aromatic heterocycles. The van der Waals surface area contributed by atoms with Crippen molar-refractivity contribution in [2.45, 2.75) is 27.2 Å². The molecule has 0 N–H and O–H groups in total. The molecule has 0 bridgehead atoms. The third-order valence-corrected chi connectivity index (χ3v) is 2.70. The number of aromatic nitrogens is 4. The Morgan fingerprint density at radius 3 is 1.13 bits per heavy atom. The molecule has 218 valence electrons. The van der Waals surface area contributed by atoms with Crippen molar-refractivity contribution in [1.29, 1.82) is 15.8 Å². The molecule has 0 fully saturated rings. The fourth-order valence-corrected chi connectivity index (χ4v) is 1.55. The quantitative estimate of drug-likeness (QED) is 0.190. The normalized spacial score (nSPS) is 9.49. The van der Waals surface area contributed by atoms with Crippen LogP contribution in [0.2, 0.25) is 0 Å². The molecule has 0 spiro atoms. The molecule has 0 aromatic carbocycles. The minimum Gasteiger partial charge on any atom is -0.418 e. The van der Waals surface area contributed by atoms with Crippen molar-refractivity contribution in [1.82, 2.24) is 19.1 Å². The van der Waals surface area contributed by atoms with Crippen LogP contribution in [0.1, 0.15) is 38.8 Å². The van der Waals surface area contributed by atoms with Gasteiger partial charge in [0.1, 0.15) is 11.6 Å². The zero-order valence-electron chi connectivity index (χ0n) is 21.6. The first-order valence-corrected chi connectivity index (χ1v) is 10.1. The predicted octanol–water partition coefficient (Wildman–Crippen LogP) is 5.27. The van der Waals surface area contributed by atoms with Gasteiger partial charge in [-0.15, -0.1) is 0 Å². The van der Waals surface area contributed by atoms with Gasteiger partial charge < -0.3 is 43.7 Å². The van der Waals surface area contributed by atoms with Gasteiger partial charge in [0, 0.05) is 72.7 Å². The number of aliphatic imine (C=N–C) groups is 2. The van der Waals surface area contributed by atoms with Crippen LogP contribution in [0.15, 0.2) is 34.8 Å². The summed E-state index contributed by atoms with van der Waals surface area (Å²) >= 11 is 0. The maximum Gasteiger partial charge on any atom is 2.00 e. The minimum atomic E-state index is -6.00. The van der Waals surface area contributed by atoms with E-state index < -0.39 is 14.5 Å². The van der Waals surface area contributed by atoms with E-state index in [0.29, 0.717) is 0 Å². The molecule has 2 rings (SSSR count). The van der Waals surface area contributed by atoms with Crippen LogP contribution < -0.4 is 0 Å². The Kier molecular flexibility index (Phi) is 33.5. The average molecular weight is 611 g/mol. The van der Waals surface area contributed by atoms with Crippen LogP contribution in [0.4, 0.5) is 34.5 Å². The van der Waals surface area contributed by atoms with Crippen molar-refractivity contribution in [2.75, 3.05) is 13.1 Å². The molecular weight excluding hydrogens is 584 g/mol. The molecule has 0 saturated heterocycles. The minimum absolute atomic E-state index is 0. The van der Waals surface area contributed by atoms with Crippen molar-refractivity contribution in [2.24, 2.45) is 24.1 Å². The van der Waals surface area contributed by atoms with Gasteiger partial charge in [-0.3, -0.25) is 9.98 Å². The Hall–Kier alpha value is -3.68. The second-order valence-electron chi connectivity index (χ2n) is 5.88. The van der Waals surface area contributed by atoms with Crippen molar-refractivity contribution in [3.05, 3.63) is 36.4 Å². The van der Waals surface area contributed by atoms with Gasteiger partial charge in [0.25, 0.3) is 0 Å². The third kappa shape index (κ3) is 51.8. The first kappa shape index (κ1) is 45.3. The SMILES string of the molecule is CC#N.CC#N.CC#N.Cn1ccnc1C=NCCCN=Cc1nccn1C.F[B-](F)(F)F.F[B-](F)(F)F.[Fe+2]. The second kappa shape index (κ2) is 28.9. The summed E-state index contributed by atoms with van der Waals surface area (Å²) in [5.41, 5.74) is 0. The fraction of sp³-hybridized carbons (Fsp3) is 0.421. The molecule has 2 aromatic rings. The van der Waals surface area contributed by atoms with Gasteiger partial charge in [-0.25, -0.2) is 9.97 Å². The van der Waals surface area contributed by atoms with Crippen molar-refractivity contribution >= 4 is 26.9 Å². The van der Waals surface area contributed by atoms with E-state index in [1.807, 2.05) is 35.6 Å². The van der Waals surface area contributed by atoms with Crippen LogP contribution in [0.25, 0.3) is 0 Å². The van der Waals surface area contributed by atoms with Gasteiger partial charge in [-0.2, -0.15) is 15.8 Å². The number of nitriles is 3. The maximum absolute atomic E-state index is 9.75. The molecular formula is C19H27B2F8FeN9. The Bertz CT molecular complexity index is 915. The molecule has 0 aliphatic heterocycles. The molecule has 2 heterocycles. The summed E-state index contributed by atoms with van der Waals surface area (Å²) in [5, 5.41) is 22.0. The van der Waals surface area contributed by atoms with E-state index in [-0.39, 0.29) is 17.1 Å². The van der Waals surface area contributed by atoms with Gasteiger partial charge in [-0.1, -0.05) is 0 Å². The van der Waals surface area contributed by atoms with Gasteiger partial charge in [0.2, 0.25) is 0 Å². The van der Waals surface area contributed by atoms with Crippen LogP contribution in [0.5, 0.6) is 0 Å². The second-order valence-corrected chi connectivity index (χ2v) is 5.88. The Balaban J connectivity index is -0.000000159. The number of imidazole rings is 2. The smallest absolute Gasteiger partial charge is 0.418 e. The van der Waals surface area contributed by atoms with Gasteiger partial charge >= 0.3 is 31.6 Å². The van der Waals surface area contributed by atoms with Crippen molar-refractivity contribution in [3.63, 3.8) is 0 Å². The molecule has 0 aliphatic carbocycles. The van der Waals surface area contributed by atoms with E-state index in [4.69, 9.17) is 15.8 Å². The number of nitrogens with zero attached hydrogens (tertiary/aromatic N) is 9. The Labute approximate surface area is 232 Å². The topological polar surface area (TPSA) is 132 Å². The summed E-state index contributed by atoms with van der Waals surface area (Å²) in [7, 11) is -8.10. The summed E-state index contributed by atoms with van der Waals surface area (Å²) in [6.45, 7) is 5.80. The fourth-order valence-electron chi connectivity index (χ4n) is 1.55. The summed E-state index contributed by atoms with van der Waals surface area (Å²) in [4.78, 5) is 17.0. The summed E-state index contributed by atoms with van der Waals surface area (Å²) in [5.74, 6) is 1.74. The van der Waals surface area contributed by atoms with Crippen LogP contribution in [-0.4, -0.2) is 59.1 Å². The zero-order chi connectivity index (χ0) is 30.6. The zero-order valence-corrected chi connectivity index (χ0v) is 22.7. The Morgan fingerprint density at radius 1 is 0.718 bits per heavy atom. The van der Waals surface area contributed by atoms with Crippen LogP contribution in [0, 0.1) is 34.0 Å². The van der Waals surface area contributed by atoms with E-state index in [0.717, 1.165) is 31.2 Å². The number of halogens is 8.